The zero-order chi connectivity index (χ0) is 22.5. The van der Waals surface area contributed by atoms with Gasteiger partial charge in [-0.15, -0.1) is 0 Å². The average molecular weight is 523 g/mol. The number of Topliss-reactive ketones (excluding diaryl/α,β-unsaturated/α-hetero) is 1. The summed E-state index contributed by atoms with van der Waals surface area (Å²) < 4.78 is 25.9. The molecule has 8 heteroatoms. The molecule has 158 valence electrons. The van der Waals surface area contributed by atoms with Crippen LogP contribution in [-0.4, -0.2) is 11.9 Å². The highest BCUT2D eigenvalue weighted by atomic mass is 79.9. The molecule has 0 fully saturated rings. The molecule has 0 amide bonds. The van der Waals surface area contributed by atoms with Gasteiger partial charge in [-0.25, -0.2) is 4.39 Å². The quantitative estimate of drug-likeness (QED) is 0.326. The number of nitrogens with zero attached hydrogens (tertiary/aromatic N) is 1. The lowest BCUT2D eigenvalue weighted by Gasteiger charge is -2.18. The molecule has 0 aliphatic rings. The van der Waals surface area contributed by atoms with Crippen LogP contribution in [0.3, 0.4) is 0 Å². The van der Waals surface area contributed by atoms with Gasteiger partial charge in [0.15, 0.2) is 23.5 Å². The van der Waals surface area contributed by atoms with Gasteiger partial charge in [0, 0.05) is 10.5 Å². The lowest BCUT2D eigenvalue weighted by molar-refractivity contribution is -0.125. The number of ether oxygens (including phenoxy) is 2. The van der Waals surface area contributed by atoms with Crippen molar-refractivity contribution in [3.05, 3.63) is 86.6 Å². The maximum Gasteiger partial charge on any atom is 0.194 e. The first-order valence-corrected chi connectivity index (χ1v) is 10.6. The number of halogens is 4. The van der Waals surface area contributed by atoms with Crippen LogP contribution in [0.15, 0.2) is 65.1 Å². The zero-order valence-corrected chi connectivity index (χ0v) is 19.2. The van der Waals surface area contributed by atoms with Crippen molar-refractivity contribution >= 4 is 44.9 Å². The first-order chi connectivity index (χ1) is 14.8. The van der Waals surface area contributed by atoms with Gasteiger partial charge in [0.05, 0.1) is 16.1 Å². The molecule has 0 saturated carbocycles. The molecule has 4 nitrogen and oxygen atoms in total. The molecular weight excluding hydrogens is 508 g/mol. The van der Waals surface area contributed by atoms with Crippen LogP contribution in [0.4, 0.5) is 4.39 Å². The molecule has 0 radical (unpaired) electrons. The van der Waals surface area contributed by atoms with E-state index in [1.165, 1.54) is 30.3 Å². The van der Waals surface area contributed by atoms with Crippen LogP contribution < -0.4 is 9.47 Å². The van der Waals surface area contributed by atoms with Crippen molar-refractivity contribution in [1.82, 2.24) is 0 Å². The highest BCUT2D eigenvalue weighted by Gasteiger charge is 2.27. The molecule has 31 heavy (non-hydrogen) atoms. The van der Waals surface area contributed by atoms with Crippen LogP contribution in [0.25, 0.3) is 0 Å². The number of hydrogen-bond acceptors (Lipinski definition) is 4. The topological polar surface area (TPSA) is 59.3 Å². The molecule has 0 aromatic heterocycles. The average Bonchev–Trinajstić information content (AvgIpc) is 2.73. The molecule has 0 spiro atoms. The summed E-state index contributed by atoms with van der Waals surface area (Å²) in [5, 5.41) is 10.1. The van der Waals surface area contributed by atoms with Crippen molar-refractivity contribution in [3.63, 3.8) is 0 Å². The highest BCUT2D eigenvalue weighted by Crippen LogP contribution is 2.31. The summed E-state index contributed by atoms with van der Waals surface area (Å²) in [6.07, 6.45) is -0.932. The number of nitriles is 1. The summed E-state index contributed by atoms with van der Waals surface area (Å²) in [5.41, 5.74) is 0.431. The van der Waals surface area contributed by atoms with Crippen molar-refractivity contribution in [1.29, 1.82) is 5.26 Å². The fourth-order valence-corrected chi connectivity index (χ4v) is 3.43. The van der Waals surface area contributed by atoms with Crippen LogP contribution >= 0.6 is 39.1 Å². The van der Waals surface area contributed by atoms with E-state index in [2.05, 4.69) is 15.9 Å². The van der Waals surface area contributed by atoms with Crippen molar-refractivity contribution in [2.45, 2.75) is 18.9 Å². The van der Waals surface area contributed by atoms with E-state index in [-0.39, 0.29) is 10.8 Å². The summed E-state index contributed by atoms with van der Waals surface area (Å²) in [7, 11) is 0. The second-order valence-electron chi connectivity index (χ2n) is 6.55. The predicted octanol–water partition coefficient (Wildman–Crippen LogP) is 7.33. The molecule has 2 atom stereocenters. The molecule has 0 aliphatic heterocycles. The van der Waals surface area contributed by atoms with E-state index in [1.807, 2.05) is 6.07 Å². The SMILES string of the molecule is CC(Oc1cccc(Oc2ccc(Br)cc2F)c1)C(=O)C(C#N)c1ccc(Cl)c(Cl)c1. The Morgan fingerprint density at radius 1 is 1.06 bits per heavy atom. The fraction of sp³-hybridized carbons (Fsp3) is 0.130. The van der Waals surface area contributed by atoms with Crippen molar-refractivity contribution in [3.8, 4) is 23.3 Å². The lowest BCUT2D eigenvalue weighted by atomic mass is 9.93. The van der Waals surface area contributed by atoms with Gasteiger partial charge in [0.25, 0.3) is 0 Å². The van der Waals surface area contributed by atoms with Crippen LogP contribution in [-0.2, 0) is 4.79 Å². The first-order valence-electron chi connectivity index (χ1n) is 9.06. The van der Waals surface area contributed by atoms with Crippen LogP contribution in [0.5, 0.6) is 17.2 Å². The lowest BCUT2D eigenvalue weighted by Crippen LogP contribution is -2.28. The Morgan fingerprint density at radius 2 is 1.81 bits per heavy atom. The summed E-state index contributed by atoms with van der Waals surface area (Å²) in [6.45, 7) is 1.55. The molecule has 0 aliphatic carbocycles. The minimum atomic E-state index is -1.07. The van der Waals surface area contributed by atoms with Gasteiger partial charge < -0.3 is 9.47 Å². The second kappa shape index (κ2) is 10.1. The van der Waals surface area contributed by atoms with Crippen LogP contribution in [0, 0.1) is 17.1 Å². The van der Waals surface area contributed by atoms with Gasteiger partial charge in [-0.3, -0.25) is 4.79 Å². The van der Waals surface area contributed by atoms with E-state index in [0.29, 0.717) is 26.6 Å². The third-order valence-corrected chi connectivity index (χ3v) is 5.56. The Labute approximate surface area is 197 Å². The number of benzene rings is 3. The Bertz CT molecular complexity index is 1170. The van der Waals surface area contributed by atoms with E-state index in [1.54, 1.807) is 37.3 Å². The maximum atomic E-state index is 14.0. The van der Waals surface area contributed by atoms with Gasteiger partial charge in [-0.05, 0) is 55.0 Å². The maximum absolute atomic E-state index is 14.0. The van der Waals surface area contributed by atoms with Crippen molar-refractivity contribution in [2.75, 3.05) is 0 Å². The van der Waals surface area contributed by atoms with E-state index in [4.69, 9.17) is 32.7 Å². The molecular formula is C23H15BrCl2FNO3. The third-order valence-electron chi connectivity index (χ3n) is 4.33. The number of ketones is 1. The molecule has 0 saturated heterocycles. The molecule has 3 aromatic carbocycles. The summed E-state index contributed by atoms with van der Waals surface area (Å²) >= 11 is 15.1. The van der Waals surface area contributed by atoms with E-state index >= 15 is 0 Å². The van der Waals surface area contributed by atoms with E-state index in [0.717, 1.165) is 0 Å². The first kappa shape index (κ1) is 23.1. The zero-order valence-electron chi connectivity index (χ0n) is 16.1. The standard InChI is InChI=1S/C23H15BrCl2FNO3/c1-13(23(29)18(12-28)14-5-7-19(25)20(26)9-14)30-16-3-2-4-17(11-16)31-22-8-6-15(24)10-21(22)27/h2-11,13,18H,1H3. The van der Waals surface area contributed by atoms with Gasteiger partial charge in [-0.2, -0.15) is 5.26 Å². The van der Waals surface area contributed by atoms with Crippen molar-refractivity contribution < 1.29 is 18.7 Å². The largest absolute Gasteiger partial charge is 0.483 e. The Hall–Kier alpha value is -2.59. The summed E-state index contributed by atoms with van der Waals surface area (Å²) in [6, 6.07) is 17.5. The number of carbonyl (C=O) groups is 1. The summed E-state index contributed by atoms with van der Waals surface area (Å²) in [4.78, 5) is 12.8. The predicted molar refractivity (Wildman–Crippen MR) is 121 cm³/mol. The van der Waals surface area contributed by atoms with E-state index < -0.39 is 23.6 Å². The molecule has 0 heterocycles. The van der Waals surface area contributed by atoms with E-state index in [9.17, 15) is 14.4 Å². The number of rotatable bonds is 7. The molecule has 3 rings (SSSR count). The second-order valence-corrected chi connectivity index (χ2v) is 8.28. The number of hydrogen-bond donors (Lipinski definition) is 0. The highest BCUT2D eigenvalue weighted by molar-refractivity contribution is 9.10. The Balaban J connectivity index is 1.74. The smallest absolute Gasteiger partial charge is 0.194 e. The molecule has 0 N–H and O–H groups in total. The Kier molecular flexibility index (Phi) is 7.55. The van der Waals surface area contributed by atoms with Gasteiger partial charge in [0.1, 0.15) is 17.4 Å². The van der Waals surface area contributed by atoms with Crippen LogP contribution in [0.1, 0.15) is 18.4 Å². The fourth-order valence-electron chi connectivity index (χ4n) is 2.79. The van der Waals surface area contributed by atoms with Crippen LogP contribution in [0.2, 0.25) is 10.0 Å². The van der Waals surface area contributed by atoms with Gasteiger partial charge in [-0.1, -0.05) is 51.3 Å². The minimum Gasteiger partial charge on any atom is -0.483 e. The normalized spacial score (nSPS) is 12.5. The summed E-state index contributed by atoms with van der Waals surface area (Å²) in [5.74, 6) is -1.31. The molecule has 2 unspecified atom stereocenters. The minimum absolute atomic E-state index is 0.0497. The van der Waals surface area contributed by atoms with Crippen molar-refractivity contribution in [2.24, 2.45) is 0 Å². The third kappa shape index (κ3) is 5.76. The molecule has 0 bridgehead atoms. The van der Waals surface area contributed by atoms with Gasteiger partial charge >= 0.3 is 0 Å². The van der Waals surface area contributed by atoms with Gasteiger partial charge in [0.2, 0.25) is 0 Å². The Morgan fingerprint density at radius 3 is 2.48 bits per heavy atom. The molecule has 3 aromatic rings. The monoisotopic (exact) mass is 521 g/mol. The number of carbonyl (C=O) groups excluding carboxylic acids is 1.